The molecule has 0 radical (unpaired) electrons. The van der Waals surface area contributed by atoms with Crippen molar-refractivity contribution in [3.05, 3.63) is 29.5 Å². The largest absolute Gasteiger partial charge is 0.382 e. The van der Waals surface area contributed by atoms with E-state index in [1.54, 1.807) is 6.20 Å². The molecule has 2 aromatic rings. The van der Waals surface area contributed by atoms with Gasteiger partial charge in [-0.2, -0.15) is 0 Å². The van der Waals surface area contributed by atoms with Crippen LogP contribution in [0, 0.1) is 12.3 Å². The van der Waals surface area contributed by atoms with Gasteiger partial charge in [0, 0.05) is 18.1 Å². The summed E-state index contributed by atoms with van der Waals surface area (Å²) in [5.74, 6) is -0.00208. The average molecular weight is 231 g/mol. The molecule has 3 N–H and O–H groups in total. The van der Waals surface area contributed by atoms with Gasteiger partial charge in [0.2, 0.25) is 0 Å². The Labute approximate surface area is 100 Å². The number of nitrogens with two attached hydrogens (primary N) is 1. The van der Waals surface area contributed by atoms with E-state index in [9.17, 15) is 0 Å². The lowest BCUT2D eigenvalue weighted by Gasteiger charge is -2.06. The summed E-state index contributed by atoms with van der Waals surface area (Å²) in [4.78, 5) is 8.78. The summed E-state index contributed by atoms with van der Waals surface area (Å²) >= 11 is 0. The molecule has 2 heterocycles. The molecule has 0 spiro atoms. The molecule has 0 fully saturated rings. The van der Waals surface area contributed by atoms with Gasteiger partial charge in [0.25, 0.3) is 0 Å². The van der Waals surface area contributed by atoms with E-state index in [0.717, 1.165) is 36.3 Å². The first kappa shape index (κ1) is 11.6. The number of nitrogens with one attached hydrogen (secondary N) is 1. The highest BCUT2D eigenvalue weighted by Gasteiger charge is 2.10. The zero-order valence-corrected chi connectivity index (χ0v) is 10.2. The van der Waals surface area contributed by atoms with E-state index in [0.29, 0.717) is 5.69 Å². The molecule has 0 aliphatic heterocycles. The molecule has 0 saturated heterocycles. The van der Waals surface area contributed by atoms with Crippen molar-refractivity contribution < 1.29 is 0 Å². The number of aryl methyl sites for hydroxylation is 2. The van der Waals surface area contributed by atoms with Gasteiger partial charge in [0.1, 0.15) is 11.5 Å². The van der Waals surface area contributed by atoms with Gasteiger partial charge in [-0.05, 0) is 19.8 Å². The Hall–Kier alpha value is -1.91. The fraction of sp³-hybridized carbons (Fsp3) is 0.417. The highest BCUT2D eigenvalue weighted by atomic mass is 15.0. The van der Waals surface area contributed by atoms with Crippen molar-refractivity contribution in [2.24, 2.45) is 5.73 Å². The lowest BCUT2D eigenvalue weighted by molar-refractivity contribution is 0.773. The van der Waals surface area contributed by atoms with Crippen molar-refractivity contribution in [1.82, 2.24) is 14.4 Å². The number of nitrogens with zero attached hydrogens (tertiary/aromatic N) is 3. The lowest BCUT2D eigenvalue weighted by atomic mass is 10.2. The summed E-state index contributed by atoms with van der Waals surface area (Å²) in [5, 5.41) is 7.49. The van der Waals surface area contributed by atoms with Gasteiger partial charge in [0.15, 0.2) is 5.65 Å². The maximum atomic E-state index is 7.49. The number of aromatic nitrogens is 3. The predicted octanol–water partition coefficient (Wildman–Crippen LogP) is 1.66. The second-order valence-corrected chi connectivity index (χ2v) is 4.18. The van der Waals surface area contributed by atoms with Gasteiger partial charge in [-0.15, -0.1) is 0 Å². The van der Waals surface area contributed by atoms with Gasteiger partial charge in [0.05, 0.1) is 5.69 Å². The zero-order chi connectivity index (χ0) is 12.4. The van der Waals surface area contributed by atoms with E-state index in [2.05, 4.69) is 16.9 Å². The first-order chi connectivity index (χ1) is 8.13. The number of amidine groups is 1. The molecule has 0 aromatic carbocycles. The van der Waals surface area contributed by atoms with Crippen LogP contribution in [0.25, 0.3) is 5.65 Å². The minimum atomic E-state index is -0.00208. The Kier molecular flexibility index (Phi) is 3.08. The summed E-state index contributed by atoms with van der Waals surface area (Å²) in [6.07, 6.45) is 6.64. The zero-order valence-electron chi connectivity index (χ0n) is 10.2. The van der Waals surface area contributed by atoms with E-state index in [-0.39, 0.29) is 5.84 Å². The Morgan fingerprint density at radius 2 is 2.29 bits per heavy atom. The quantitative estimate of drug-likeness (QED) is 0.620. The molecular weight excluding hydrogens is 214 g/mol. The molecular formula is C12H17N5. The molecule has 0 aliphatic rings. The first-order valence-corrected chi connectivity index (χ1v) is 5.81. The van der Waals surface area contributed by atoms with Gasteiger partial charge in [-0.25, -0.2) is 9.97 Å². The van der Waals surface area contributed by atoms with Crippen LogP contribution in [0.2, 0.25) is 0 Å². The Morgan fingerprint density at radius 3 is 2.94 bits per heavy atom. The van der Waals surface area contributed by atoms with Crippen molar-refractivity contribution in [2.75, 3.05) is 0 Å². The molecule has 0 atom stereocenters. The van der Waals surface area contributed by atoms with Crippen LogP contribution in [0.4, 0.5) is 0 Å². The monoisotopic (exact) mass is 231 g/mol. The van der Waals surface area contributed by atoms with Crippen LogP contribution in [0.1, 0.15) is 36.8 Å². The average Bonchev–Trinajstić information content (AvgIpc) is 2.68. The summed E-state index contributed by atoms with van der Waals surface area (Å²) in [6, 6.07) is 0. The van der Waals surface area contributed by atoms with Crippen LogP contribution in [-0.2, 0) is 6.42 Å². The number of hydrogen-bond donors (Lipinski definition) is 2. The van der Waals surface area contributed by atoms with Gasteiger partial charge in [-0.3, -0.25) is 5.41 Å². The van der Waals surface area contributed by atoms with E-state index < -0.39 is 0 Å². The third-order valence-electron chi connectivity index (χ3n) is 2.79. The third-order valence-corrected chi connectivity index (χ3v) is 2.79. The fourth-order valence-electron chi connectivity index (χ4n) is 1.81. The highest BCUT2D eigenvalue weighted by molar-refractivity contribution is 5.93. The Bertz CT molecular complexity index is 555. The molecule has 0 aliphatic carbocycles. The van der Waals surface area contributed by atoms with Gasteiger partial charge < -0.3 is 10.1 Å². The van der Waals surface area contributed by atoms with E-state index >= 15 is 0 Å². The normalized spacial score (nSPS) is 10.9. The van der Waals surface area contributed by atoms with Crippen LogP contribution in [-0.4, -0.2) is 20.2 Å². The van der Waals surface area contributed by atoms with E-state index in [1.165, 1.54) is 0 Å². The number of rotatable bonds is 4. The molecule has 5 heteroatoms. The lowest BCUT2D eigenvalue weighted by Crippen LogP contribution is -2.16. The van der Waals surface area contributed by atoms with Crippen molar-refractivity contribution in [2.45, 2.75) is 33.1 Å². The molecule has 2 aromatic heterocycles. The summed E-state index contributed by atoms with van der Waals surface area (Å²) < 4.78 is 1.95. The number of imidazole rings is 1. The third kappa shape index (κ3) is 2.13. The van der Waals surface area contributed by atoms with Crippen molar-refractivity contribution in [1.29, 1.82) is 5.41 Å². The minimum Gasteiger partial charge on any atom is -0.382 e. The maximum Gasteiger partial charge on any atom is 0.158 e. The number of unbranched alkanes of at least 4 members (excludes halogenated alkanes) is 1. The molecule has 0 bridgehead atoms. The van der Waals surface area contributed by atoms with Gasteiger partial charge >= 0.3 is 0 Å². The molecule has 90 valence electrons. The van der Waals surface area contributed by atoms with E-state index in [4.69, 9.17) is 11.1 Å². The molecule has 0 unspecified atom stereocenters. The maximum absolute atomic E-state index is 7.49. The SMILES string of the molecule is CCCCc1nc(C(=N)N)cn2c(C)cnc12. The molecule has 0 amide bonds. The van der Waals surface area contributed by atoms with Crippen LogP contribution >= 0.6 is 0 Å². The van der Waals surface area contributed by atoms with Crippen molar-refractivity contribution in [3.63, 3.8) is 0 Å². The van der Waals surface area contributed by atoms with Crippen molar-refractivity contribution >= 4 is 11.5 Å². The van der Waals surface area contributed by atoms with Crippen LogP contribution in [0.5, 0.6) is 0 Å². The predicted molar refractivity (Wildman–Crippen MR) is 67.4 cm³/mol. The van der Waals surface area contributed by atoms with Gasteiger partial charge in [-0.1, -0.05) is 13.3 Å². The van der Waals surface area contributed by atoms with Crippen LogP contribution < -0.4 is 5.73 Å². The van der Waals surface area contributed by atoms with E-state index in [1.807, 2.05) is 17.5 Å². The Balaban J connectivity index is 2.58. The second kappa shape index (κ2) is 4.53. The summed E-state index contributed by atoms with van der Waals surface area (Å²) in [5.41, 5.74) is 8.86. The smallest absolute Gasteiger partial charge is 0.158 e. The summed E-state index contributed by atoms with van der Waals surface area (Å²) in [6.45, 7) is 4.12. The highest BCUT2D eigenvalue weighted by Crippen LogP contribution is 2.13. The fourth-order valence-corrected chi connectivity index (χ4v) is 1.81. The Morgan fingerprint density at radius 1 is 1.53 bits per heavy atom. The molecule has 17 heavy (non-hydrogen) atoms. The molecule has 0 saturated carbocycles. The molecule has 5 nitrogen and oxygen atoms in total. The minimum absolute atomic E-state index is 0.00208. The van der Waals surface area contributed by atoms with Crippen molar-refractivity contribution in [3.8, 4) is 0 Å². The number of fused-ring (bicyclic) bond motifs is 1. The second-order valence-electron chi connectivity index (χ2n) is 4.18. The topological polar surface area (TPSA) is 80.1 Å². The van der Waals surface area contributed by atoms with Crippen LogP contribution in [0.3, 0.4) is 0 Å². The number of nitrogen functional groups attached to an aromatic ring is 1. The standard InChI is InChI=1S/C12H17N5/c1-3-4-5-9-12-15-6-8(2)17(12)7-10(16-9)11(13)14/h6-7H,3-5H2,1-2H3,(H3,13,14). The first-order valence-electron chi connectivity index (χ1n) is 5.81. The summed E-state index contributed by atoms with van der Waals surface area (Å²) in [7, 11) is 0. The molecule has 2 rings (SSSR count). The number of hydrogen-bond acceptors (Lipinski definition) is 3. The van der Waals surface area contributed by atoms with Crippen LogP contribution in [0.15, 0.2) is 12.4 Å².